The van der Waals surface area contributed by atoms with Crippen molar-refractivity contribution in [1.29, 1.82) is 0 Å². The number of hydrogen-bond donors (Lipinski definition) is 2. The first-order valence-corrected chi connectivity index (χ1v) is 9.40. The number of amides is 1. The topological polar surface area (TPSA) is 83.5 Å². The molecule has 5 nitrogen and oxygen atoms in total. The lowest BCUT2D eigenvalue weighted by Gasteiger charge is -2.25. The first kappa shape index (κ1) is 20.1. The van der Waals surface area contributed by atoms with Gasteiger partial charge in [-0.25, -0.2) is 8.42 Å². The summed E-state index contributed by atoms with van der Waals surface area (Å²) >= 11 is 6.92. The number of rotatable bonds is 4. The average molecular weight is 392 g/mol. The van der Waals surface area contributed by atoms with Gasteiger partial charge >= 0.3 is 6.18 Å². The molecule has 1 rings (SSSR count). The summed E-state index contributed by atoms with van der Waals surface area (Å²) in [5.41, 5.74) is -3.86. The van der Waals surface area contributed by atoms with E-state index in [1.54, 1.807) is 0 Å². The molecular formula is C12H13ClF3NO4S2. The molecule has 0 unspecified atom stereocenters. The van der Waals surface area contributed by atoms with Gasteiger partial charge in [-0.15, -0.1) is 11.8 Å². The van der Waals surface area contributed by atoms with E-state index in [2.05, 4.69) is 0 Å². The number of carbonyl (C=O) groups excluding carboxylic acids is 1. The maximum atomic E-state index is 12.6. The van der Waals surface area contributed by atoms with Crippen molar-refractivity contribution in [2.24, 2.45) is 0 Å². The van der Waals surface area contributed by atoms with Crippen LogP contribution < -0.4 is 5.32 Å². The van der Waals surface area contributed by atoms with Crippen molar-refractivity contribution in [3.05, 3.63) is 17.2 Å². The molecule has 0 aromatic heterocycles. The summed E-state index contributed by atoms with van der Waals surface area (Å²) in [7, 11) is -3.61. The second-order valence-electron chi connectivity index (χ2n) is 4.75. The third-order valence-electron chi connectivity index (χ3n) is 2.91. The van der Waals surface area contributed by atoms with Crippen LogP contribution in [0.15, 0.2) is 21.9 Å². The van der Waals surface area contributed by atoms with E-state index in [0.29, 0.717) is 6.92 Å². The monoisotopic (exact) mass is 391 g/mol. The first-order valence-electron chi connectivity index (χ1n) is 5.90. The van der Waals surface area contributed by atoms with Crippen molar-refractivity contribution >= 4 is 44.8 Å². The highest BCUT2D eigenvalue weighted by molar-refractivity contribution is 7.99. The fraction of sp³-hybridized carbons (Fsp3) is 0.417. The molecule has 0 radical (unpaired) electrons. The molecule has 0 spiro atoms. The maximum Gasteiger partial charge on any atom is 0.426 e. The van der Waals surface area contributed by atoms with E-state index in [1.807, 2.05) is 5.32 Å². The van der Waals surface area contributed by atoms with Crippen LogP contribution in [-0.2, 0) is 14.6 Å². The van der Waals surface area contributed by atoms with Crippen LogP contribution in [0.25, 0.3) is 0 Å². The van der Waals surface area contributed by atoms with Crippen molar-refractivity contribution in [3.63, 3.8) is 0 Å². The van der Waals surface area contributed by atoms with Crippen LogP contribution in [0.4, 0.5) is 18.9 Å². The zero-order chi connectivity index (χ0) is 18.2. The Kier molecular flexibility index (Phi) is 5.67. The van der Waals surface area contributed by atoms with E-state index in [0.717, 1.165) is 30.2 Å². The van der Waals surface area contributed by atoms with Gasteiger partial charge in [0.15, 0.2) is 9.84 Å². The zero-order valence-electron chi connectivity index (χ0n) is 12.2. The first-order chi connectivity index (χ1) is 10.2. The van der Waals surface area contributed by atoms with Crippen LogP contribution in [0.2, 0.25) is 5.02 Å². The van der Waals surface area contributed by atoms with Crippen molar-refractivity contribution in [3.8, 4) is 0 Å². The number of anilines is 1. The van der Waals surface area contributed by atoms with Crippen LogP contribution in [0.5, 0.6) is 0 Å². The molecule has 23 heavy (non-hydrogen) atoms. The van der Waals surface area contributed by atoms with Crippen molar-refractivity contribution in [1.82, 2.24) is 0 Å². The molecule has 1 aromatic carbocycles. The zero-order valence-corrected chi connectivity index (χ0v) is 14.5. The van der Waals surface area contributed by atoms with E-state index < -0.39 is 27.5 Å². The highest BCUT2D eigenvalue weighted by atomic mass is 35.5. The third-order valence-corrected chi connectivity index (χ3v) is 5.51. The van der Waals surface area contributed by atoms with Crippen LogP contribution >= 0.6 is 23.4 Å². The number of aliphatic hydroxyl groups is 1. The predicted octanol–water partition coefficient (Wildman–Crippen LogP) is 2.72. The standard InChI is InChI=1S/C12H13ClF3NO4S2/c1-11(19,12(14,15)16)10(18)17-6-4-5-7(23(3,20)21)9(22-2)8(6)13/h4-5,19H,1-3H3,(H,17,18)/t11-/m1/s1. The Balaban J connectivity index is 3.30. The number of sulfone groups is 1. The SMILES string of the molecule is CSc1c(S(C)(=O)=O)ccc(NC(=O)[C@@](C)(O)C(F)(F)F)c1Cl. The summed E-state index contributed by atoms with van der Waals surface area (Å²) in [5.74, 6) is -1.73. The van der Waals surface area contributed by atoms with Gasteiger partial charge in [0, 0.05) is 11.2 Å². The molecule has 0 aliphatic heterocycles. The minimum atomic E-state index is -5.18. The van der Waals surface area contributed by atoms with E-state index in [9.17, 15) is 31.5 Å². The molecule has 1 atom stereocenters. The Labute approximate surface area is 140 Å². The normalized spacial score (nSPS) is 15.1. The van der Waals surface area contributed by atoms with Crippen LogP contribution in [0.1, 0.15) is 6.92 Å². The molecule has 0 heterocycles. The summed E-state index contributed by atoms with van der Waals surface area (Å²) in [6, 6.07) is 2.17. The van der Waals surface area contributed by atoms with Gasteiger partial charge in [0.2, 0.25) is 5.60 Å². The molecule has 0 saturated heterocycles. The number of hydrogen-bond acceptors (Lipinski definition) is 5. The Morgan fingerprint density at radius 3 is 2.26 bits per heavy atom. The summed E-state index contributed by atoms with van der Waals surface area (Å²) in [6.07, 6.45) is -2.71. The molecular weight excluding hydrogens is 379 g/mol. The minimum absolute atomic E-state index is 0.0821. The molecule has 1 aromatic rings. The smallest absolute Gasteiger partial charge is 0.373 e. The maximum absolute atomic E-state index is 12.6. The van der Waals surface area contributed by atoms with Gasteiger partial charge in [-0.3, -0.25) is 4.79 Å². The summed E-state index contributed by atoms with van der Waals surface area (Å²) in [4.78, 5) is 11.6. The Morgan fingerprint density at radius 2 is 1.87 bits per heavy atom. The summed E-state index contributed by atoms with van der Waals surface area (Å²) in [5, 5.41) is 10.9. The molecule has 11 heteroatoms. The van der Waals surface area contributed by atoms with Crippen molar-refractivity contribution in [2.45, 2.75) is 28.5 Å². The van der Waals surface area contributed by atoms with Crippen LogP contribution in [-0.4, -0.2) is 43.7 Å². The molecule has 130 valence electrons. The molecule has 0 aliphatic rings. The van der Waals surface area contributed by atoms with Gasteiger partial charge in [0.1, 0.15) is 0 Å². The Morgan fingerprint density at radius 1 is 1.35 bits per heavy atom. The number of nitrogens with one attached hydrogen (secondary N) is 1. The van der Waals surface area contributed by atoms with E-state index in [4.69, 9.17) is 11.6 Å². The van der Waals surface area contributed by atoms with Gasteiger partial charge in [-0.2, -0.15) is 13.2 Å². The number of benzene rings is 1. The number of carbonyl (C=O) groups is 1. The number of alkyl halides is 3. The van der Waals surface area contributed by atoms with Crippen LogP contribution in [0, 0.1) is 0 Å². The van der Waals surface area contributed by atoms with Gasteiger partial charge in [-0.05, 0) is 25.3 Å². The van der Waals surface area contributed by atoms with E-state index in [-0.39, 0.29) is 20.5 Å². The van der Waals surface area contributed by atoms with Gasteiger partial charge in [-0.1, -0.05) is 11.6 Å². The van der Waals surface area contributed by atoms with Gasteiger partial charge in [0.25, 0.3) is 5.91 Å². The lowest BCUT2D eigenvalue weighted by Crippen LogP contribution is -2.52. The Bertz CT molecular complexity index is 733. The molecule has 0 saturated carbocycles. The van der Waals surface area contributed by atoms with E-state index >= 15 is 0 Å². The molecule has 0 aliphatic carbocycles. The molecule has 1 amide bonds. The molecule has 0 fully saturated rings. The fourth-order valence-electron chi connectivity index (χ4n) is 1.49. The Hall–Kier alpha value is -0.970. The van der Waals surface area contributed by atoms with E-state index in [1.165, 1.54) is 6.26 Å². The number of halogens is 4. The predicted molar refractivity (Wildman–Crippen MR) is 81.7 cm³/mol. The highest BCUT2D eigenvalue weighted by Crippen LogP contribution is 2.38. The van der Waals surface area contributed by atoms with Crippen molar-refractivity contribution < 1.29 is 31.5 Å². The number of thioether (sulfide) groups is 1. The molecule has 2 N–H and O–H groups in total. The second kappa shape index (κ2) is 6.50. The second-order valence-corrected chi connectivity index (χ2v) is 7.93. The third kappa shape index (κ3) is 4.11. The van der Waals surface area contributed by atoms with Crippen molar-refractivity contribution in [2.75, 3.05) is 17.8 Å². The quantitative estimate of drug-likeness (QED) is 0.771. The summed E-state index contributed by atoms with van der Waals surface area (Å²) < 4.78 is 61.2. The average Bonchev–Trinajstić information content (AvgIpc) is 2.37. The van der Waals surface area contributed by atoms with Gasteiger partial charge in [0.05, 0.1) is 15.6 Å². The highest BCUT2D eigenvalue weighted by Gasteiger charge is 2.55. The lowest BCUT2D eigenvalue weighted by molar-refractivity contribution is -0.242. The molecule has 0 bridgehead atoms. The summed E-state index contributed by atoms with van der Waals surface area (Å²) in [6.45, 7) is 0.302. The fourth-order valence-corrected chi connectivity index (χ4v) is 4.01. The van der Waals surface area contributed by atoms with Crippen LogP contribution in [0.3, 0.4) is 0 Å². The van der Waals surface area contributed by atoms with Gasteiger partial charge < -0.3 is 10.4 Å². The largest absolute Gasteiger partial charge is 0.426 e. The lowest BCUT2D eigenvalue weighted by atomic mass is 10.1. The minimum Gasteiger partial charge on any atom is -0.373 e.